The van der Waals surface area contributed by atoms with E-state index in [1.807, 2.05) is 41.1 Å². The van der Waals surface area contributed by atoms with Crippen molar-refractivity contribution in [1.82, 2.24) is 15.2 Å². The number of thiophene rings is 1. The first-order valence-corrected chi connectivity index (χ1v) is 12.4. The standard InChI is InChI=1S/C26H27N5O2S/c1-17(2)30-8-10-31(11-9-30)24-6-4-20(14-28-24)27-15-23-22-13-18(19-7-12-34-16-19)3-5-21(22)25(32)29-26(23)33/h3-7,12-17,27H,8-11H2,1-2H3,(H,29,32,33). The highest BCUT2D eigenvalue weighted by atomic mass is 32.1. The number of anilines is 2. The first-order chi connectivity index (χ1) is 16.5. The normalized spacial score (nSPS) is 17.7. The number of amides is 2. The van der Waals surface area contributed by atoms with Crippen molar-refractivity contribution in [2.24, 2.45) is 0 Å². The van der Waals surface area contributed by atoms with E-state index in [-0.39, 0.29) is 5.91 Å². The molecule has 0 spiro atoms. The lowest BCUT2D eigenvalue weighted by molar-refractivity contribution is -0.114. The molecule has 0 aliphatic carbocycles. The number of hydrogen-bond acceptors (Lipinski definition) is 7. The van der Waals surface area contributed by atoms with E-state index >= 15 is 0 Å². The van der Waals surface area contributed by atoms with Gasteiger partial charge >= 0.3 is 0 Å². The van der Waals surface area contributed by atoms with Crippen LogP contribution in [-0.2, 0) is 4.79 Å². The van der Waals surface area contributed by atoms with Gasteiger partial charge in [0, 0.05) is 49.5 Å². The zero-order chi connectivity index (χ0) is 23.7. The highest BCUT2D eigenvalue weighted by Crippen LogP contribution is 2.30. The molecule has 174 valence electrons. The van der Waals surface area contributed by atoms with Gasteiger partial charge in [-0.15, -0.1) is 0 Å². The second-order valence-corrected chi connectivity index (χ2v) is 9.56. The van der Waals surface area contributed by atoms with Crippen LogP contribution in [0, 0.1) is 0 Å². The van der Waals surface area contributed by atoms with Crippen molar-refractivity contribution in [3.8, 4) is 11.1 Å². The van der Waals surface area contributed by atoms with Crippen LogP contribution in [0.5, 0.6) is 0 Å². The summed E-state index contributed by atoms with van der Waals surface area (Å²) in [5.41, 5.74) is 4.33. The Morgan fingerprint density at radius 3 is 2.50 bits per heavy atom. The smallest absolute Gasteiger partial charge is 0.260 e. The SMILES string of the molecule is CC(C)N1CCN(c2ccc(NC=C3C(=O)NC(=O)c4ccc(-c5ccsc5)cc43)cn2)CC1. The number of imide groups is 1. The molecule has 0 bridgehead atoms. The molecular formula is C26H27N5O2S. The van der Waals surface area contributed by atoms with Crippen LogP contribution in [0.3, 0.4) is 0 Å². The van der Waals surface area contributed by atoms with Crippen LogP contribution in [0.25, 0.3) is 16.7 Å². The molecule has 4 heterocycles. The Morgan fingerprint density at radius 2 is 1.82 bits per heavy atom. The van der Waals surface area contributed by atoms with E-state index in [0.29, 0.717) is 22.7 Å². The molecule has 0 radical (unpaired) electrons. The third-order valence-electron chi connectivity index (χ3n) is 6.38. The molecule has 8 heteroatoms. The number of carbonyl (C=O) groups is 2. The van der Waals surface area contributed by atoms with Gasteiger partial charge in [-0.05, 0) is 66.1 Å². The summed E-state index contributed by atoms with van der Waals surface area (Å²) in [7, 11) is 0. The van der Waals surface area contributed by atoms with Crippen molar-refractivity contribution >= 4 is 40.2 Å². The van der Waals surface area contributed by atoms with Gasteiger partial charge in [0.1, 0.15) is 5.82 Å². The Labute approximate surface area is 203 Å². The number of fused-ring (bicyclic) bond motifs is 1. The summed E-state index contributed by atoms with van der Waals surface area (Å²) < 4.78 is 0. The van der Waals surface area contributed by atoms with Crippen LogP contribution < -0.4 is 15.5 Å². The second-order valence-electron chi connectivity index (χ2n) is 8.78. The molecule has 2 aliphatic heterocycles. The first kappa shape index (κ1) is 22.3. The Morgan fingerprint density at radius 1 is 1.00 bits per heavy atom. The van der Waals surface area contributed by atoms with Gasteiger partial charge in [0.15, 0.2) is 0 Å². The van der Waals surface area contributed by atoms with Crippen molar-refractivity contribution in [2.45, 2.75) is 19.9 Å². The van der Waals surface area contributed by atoms with Crippen LogP contribution in [0.4, 0.5) is 11.5 Å². The molecule has 2 N–H and O–H groups in total. The maximum absolute atomic E-state index is 12.7. The molecule has 7 nitrogen and oxygen atoms in total. The van der Waals surface area contributed by atoms with Crippen molar-refractivity contribution in [3.63, 3.8) is 0 Å². The zero-order valence-corrected chi connectivity index (χ0v) is 20.1. The van der Waals surface area contributed by atoms with Gasteiger partial charge in [-0.3, -0.25) is 19.8 Å². The number of nitrogens with one attached hydrogen (secondary N) is 2. The number of carbonyl (C=O) groups excluding carboxylic acids is 2. The van der Waals surface area contributed by atoms with E-state index in [2.05, 4.69) is 39.3 Å². The summed E-state index contributed by atoms with van der Waals surface area (Å²) in [6.07, 6.45) is 3.42. The number of hydrogen-bond donors (Lipinski definition) is 2. The van der Waals surface area contributed by atoms with Crippen LogP contribution in [-0.4, -0.2) is 53.9 Å². The minimum Gasteiger partial charge on any atom is -0.360 e. The summed E-state index contributed by atoms with van der Waals surface area (Å²) in [4.78, 5) is 34.4. The fourth-order valence-electron chi connectivity index (χ4n) is 4.36. The molecular weight excluding hydrogens is 446 g/mol. The summed E-state index contributed by atoms with van der Waals surface area (Å²) >= 11 is 1.61. The molecule has 34 heavy (non-hydrogen) atoms. The zero-order valence-electron chi connectivity index (χ0n) is 19.2. The minimum absolute atomic E-state index is 0.377. The molecule has 0 saturated carbocycles. The van der Waals surface area contributed by atoms with Gasteiger partial charge in [0.05, 0.1) is 17.5 Å². The summed E-state index contributed by atoms with van der Waals surface area (Å²) in [6, 6.07) is 12.1. The van der Waals surface area contributed by atoms with Crippen LogP contribution in [0.15, 0.2) is 59.6 Å². The topological polar surface area (TPSA) is 77.6 Å². The lowest BCUT2D eigenvalue weighted by atomic mass is 9.92. The van der Waals surface area contributed by atoms with Gasteiger partial charge in [0.2, 0.25) is 0 Å². The molecule has 3 aromatic rings. The third-order valence-corrected chi connectivity index (χ3v) is 7.06. The largest absolute Gasteiger partial charge is 0.360 e. The van der Waals surface area contributed by atoms with E-state index in [0.717, 1.165) is 48.8 Å². The second kappa shape index (κ2) is 9.40. The Hall–Kier alpha value is -3.49. The van der Waals surface area contributed by atoms with Crippen LogP contribution in [0.1, 0.15) is 29.8 Å². The van der Waals surface area contributed by atoms with E-state index in [1.54, 1.807) is 29.8 Å². The maximum Gasteiger partial charge on any atom is 0.260 e. The van der Waals surface area contributed by atoms with Crippen molar-refractivity contribution < 1.29 is 9.59 Å². The van der Waals surface area contributed by atoms with Gasteiger partial charge in [-0.1, -0.05) is 6.07 Å². The Kier molecular flexibility index (Phi) is 6.17. The van der Waals surface area contributed by atoms with E-state index in [1.165, 1.54) is 0 Å². The monoisotopic (exact) mass is 473 g/mol. The van der Waals surface area contributed by atoms with Crippen molar-refractivity contribution in [2.75, 3.05) is 36.4 Å². The number of piperazine rings is 1. The minimum atomic E-state index is -0.417. The lowest BCUT2D eigenvalue weighted by Gasteiger charge is -2.37. The molecule has 2 aliphatic rings. The van der Waals surface area contributed by atoms with E-state index < -0.39 is 5.91 Å². The molecule has 2 amide bonds. The predicted octanol–water partition coefficient (Wildman–Crippen LogP) is 4.06. The summed E-state index contributed by atoms with van der Waals surface area (Å²) in [5, 5.41) is 9.67. The van der Waals surface area contributed by atoms with Crippen LogP contribution in [0.2, 0.25) is 0 Å². The van der Waals surface area contributed by atoms with Gasteiger partial charge < -0.3 is 10.2 Å². The molecule has 5 rings (SSSR count). The number of nitrogens with zero attached hydrogens (tertiary/aromatic N) is 3. The summed E-state index contributed by atoms with van der Waals surface area (Å²) in [5.74, 6) is 0.158. The number of aromatic nitrogens is 1. The number of rotatable bonds is 5. The molecule has 1 saturated heterocycles. The van der Waals surface area contributed by atoms with Crippen LogP contribution >= 0.6 is 11.3 Å². The summed E-state index contributed by atoms with van der Waals surface area (Å²) in [6.45, 7) is 8.44. The maximum atomic E-state index is 12.7. The average Bonchev–Trinajstić information content (AvgIpc) is 3.39. The number of pyridine rings is 1. The quantitative estimate of drug-likeness (QED) is 0.430. The lowest BCUT2D eigenvalue weighted by Crippen LogP contribution is -2.49. The fraction of sp³-hybridized carbons (Fsp3) is 0.269. The molecule has 1 fully saturated rings. The van der Waals surface area contributed by atoms with Gasteiger partial charge in [0.25, 0.3) is 11.8 Å². The molecule has 0 unspecified atom stereocenters. The van der Waals surface area contributed by atoms with Crippen molar-refractivity contribution in [3.05, 3.63) is 70.7 Å². The first-order valence-electron chi connectivity index (χ1n) is 11.4. The van der Waals surface area contributed by atoms with E-state index in [4.69, 9.17) is 0 Å². The molecule has 2 aromatic heterocycles. The predicted molar refractivity (Wildman–Crippen MR) is 137 cm³/mol. The van der Waals surface area contributed by atoms with Gasteiger partial charge in [-0.2, -0.15) is 11.3 Å². The van der Waals surface area contributed by atoms with E-state index in [9.17, 15) is 9.59 Å². The molecule has 0 atom stereocenters. The van der Waals surface area contributed by atoms with Crippen molar-refractivity contribution in [1.29, 1.82) is 0 Å². The molecule has 1 aromatic carbocycles. The Bertz CT molecular complexity index is 1230. The highest BCUT2D eigenvalue weighted by Gasteiger charge is 2.27. The van der Waals surface area contributed by atoms with Gasteiger partial charge in [-0.25, -0.2) is 4.98 Å². The Balaban J connectivity index is 1.34. The third kappa shape index (κ3) is 4.47. The average molecular weight is 474 g/mol. The fourth-order valence-corrected chi connectivity index (χ4v) is 5.02. The highest BCUT2D eigenvalue weighted by molar-refractivity contribution is 7.08. The number of benzene rings is 1.